The summed E-state index contributed by atoms with van der Waals surface area (Å²) in [5, 5.41) is 4.08. The van der Waals surface area contributed by atoms with Gasteiger partial charge in [-0.15, -0.1) is 0 Å². The van der Waals surface area contributed by atoms with Crippen molar-refractivity contribution in [3.8, 4) is 0 Å². The van der Waals surface area contributed by atoms with Crippen LogP contribution in [0.1, 0.15) is 56.9 Å². The Bertz CT molecular complexity index is 948. The summed E-state index contributed by atoms with van der Waals surface area (Å²) < 4.78 is 0. The number of para-hydroxylation sites is 1. The average Bonchev–Trinajstić information content (AvgIpc) is 3.21. The van der Waals surface area contributed by atoms with Gasteiger partial charge < -0.3 is 5.32 Å². The molecule has 7 heteroatoms. The van der Waals surface area contributed by atoms with Gasteiger partial charge in [-0.05, 0) is 56.1 Å². The van der Waals surface area contributed by atoms with Crippen molar-refractivity contribution in [2.45, 2.75) is 64.0 Å². The van der Waals surface area contributed by atoms with E-state index < -0.39 is 0 Å². The summed E-state index contributed by atoms with van der Waals surface area (Å²) in [4.78, 5) is 25.5. The topological polar surface area (TPSA) is 61.4 Å². The zero-order chi connectivity index (χ0) is 20.7. The molecule has 3 aliphatic rings. The molecule has 1 spiro atoms. The van der Waals surface area contributed by atoms with Crippen LogP contribution in [0.4, 0.5) is 22.2 Å². The van der Waals surface area contributed by atoms with Crippen molar-refractivity contribution in [1.82, 2.24) is 9.97 Å². The molecule has 0 saturated heterocycles. The number of carbonyl (C=O) groups is 1. The van der Waals surface area contributed by atoms with Gasteiger partial charge in [0.2, 0.25) is 5.95 Å². The second kappa shape index (κ2) is 7.73. The number of carbonyl (C=O) groups excluding carboxylic acids is 1. The number of nitrogens with zero attached hydrogens (tertiary/aromatic N) is 4. The Kier molecular flexibility index (Phi) is 5.05. The van der Waals surface area contributed by atoms with Crippen molar-refractivity contribution in [2.24, 2.45) is 5.41 Å². The van der Waals surface area contributed by atoms with Crippen LogP contribution in [0.2, 0.25) is 5.02 Å². The van der Waals surface area contributed by atoms with Crippen molar-refractivity contribution in [2.75, 3.05) is 22.2 Å². The molecule has 0 radical (unpaired) electrons. The van der Waals surface area contributed by atoms with E-state index >= 15 is 0 Å². The van der Waals surface area contributed by atoms with E-state index in [2.05, 4.69) is 10.3 Å². The molecular formula is C23H28ClN5O. The molecule has 0 unspecified atom stereocenters. The van der Waals surface area contributed by atoms with Gasteiger partial charge in [0.1, 0.15) is 5.82 Å². The van der Waals surface area contributed by atoms with Crippen molar-refractivity contribution < 1.29 is 4.79 Å². The van der Waals surface area contributed by atoms with Crippen molar-refractivity contribution in [3.63, 3.8) is 0 Å². The van der Waals surface area contributed by atoms with E-state index in [0.29, 0.717) is 40.5 Å². The predicted molar refractivity (Wildman–Crippen MR) is 120 cm³/mol. The largest absolute Gasteiger partial charge is 0.351 e. The number of aromatic nitrogens is 2. The highest BCUT2D eigenvalue weighted by molar-refractivity contribution is 6.34. The third-order valence-corrected chi connectivity index (χ3v) is 7.51. The van der Waals surface area contributed by atoms with E-state index in [-0.39, 0.29) is 6.03 Å². The van der Waals surface area contributed by atoms with Gasteiger partial charge in [-0.3, -0.25) is 9.80 Å². The number of hydrogen-bond donors (Lipinski definition) is 1. The molecule has 1 N–H and O–H groups in total. The Morgan fingerprint density at radius 1 is 1.13 bits per heavy atom. The molecule has 2 heterocycles. The molecule has 30 heavy (non-hydrogen) atoms. The predicted octanol–water partition coefficient (Wildman–Crippen LogP) is 5.62. The second-order valence-electron chi connectivity index (χ2n) is 9.05. The molecule has 158 valence electrons. The summed E-state index contributed by atoms with van der Waals surface area (Å²) in [6, 6.07) is 7.67. The smallest absolute Gasteiger partial charge is 0.330 e. The average molecular weight is 426 g/mol. The van der Waals surface area contributed by atoms with Gasteiger partial charge in [0, 0.05) is 24.8 Å². The Labute approximate surface area is 182 Å². The third-order valence-electron chi connectivity index (χ3n) is 7.19. The summed E-state index contributed by atoms with van der Waals surface area (Å²) in [5.41, 5.74) is 2.23. The van der Waals surface area contributed by atoms with Crippen LogP contribution in [-0.4, -0.2) is 29.1 Å². The molecule has 2 aromatic rings. The number of anilines is 3. The third kappa shape index (κ3) is 3.51. The molecule has 0 atom stereocenters. The molecule has 1 aliphatic heterocycles. The zero-order valence-corrected chi connectivity index (χ0v) is 18.2. The number of urea groups is 1. The Hall–Kier alpha value is -2.34. The fourth-order valence-corrected chi connectivity index (χ4v) is 5.66. The molecule has 2 fully saturated rings. The van der Waals surface area contributed by atoms with E-state index in [1.165, 1.54) is 51.4 Å². The number of halogens is 1. The van der Waals surface area contributed by atoms with Crippen molar-refractivity contribution in [3.05, 3.63) is 41.0 Å². The van der Waals surface area contributed by atoms with Crippen LogP contribution < -0.4 is 15.1 Å². The molecule has 1 aromatic carbocycles. The maximum atomic E-state index is 13.0. The summed E-state index contributed by atoms with van der Waals surface area (Å²) >= 11 is 6.32. The number of nitrogens with one attached hydrogen (secondary N) is 1. The van der Waals surface area contributed by atoms with Gasteiger partial charge in [0.05, 0.1) is 17.3 Å². The van der Waals surface area contributed by atoms with Gasteiger partial charge in [-0.2, -0.15) is 4.98 Å². The number of benzene rings is 1. The molecule has 2 saturated carbocycles. The van der Waals surface area contributed by atoms with E-state index in [4.69, 9.17) is 16.6 Å². The number of amides is 2. The highest BCUT2D eigenvalue weighted by Gasteiger charge is 2.38. The molecule has 2 amide bonds. The van der Waals surface area contributed by atoms with Crippen LogP contribution in [0.15, 0.2) is 30.5 Å². The lowest BCUT2D eigenvalue weighted by Crippen LogP contribution is -2.46. The van der Waals surface area contributed by atoms with Crippen LogP contribution >= 0.6 is 11.6 Å². The van der Waals surface area contributed by atoms with Gasteiger partial charge in [0.25, 0.3) is 0 Å². The minimum absolute atomic E-state index is 0.138. The van der Waals surface area contributed by atoms with Crippen molar-refractivity contribution >= 4 is 35.1 Å². The van der Waals surface area contributed by atoms with Gasteiger partial charge in [-0.25, -0.2) is 9.78 Å². The Balaban J connectivity index is 1.31. The van der Waals surface area contributed by atoms with E-state index in [9.17, 15) is 4.79 Å². The lowest BCUT2D eigenvalue weighted by Gasteiger charge is -2.38. The molecular weight excluding hydrogens is 398 g/mol. The Morgan fingerprint density at radius 2 is 1.87 bits per heavy atom. The highest BCUT2D eigenvalue weighted by atomic mass is 35.5. The maximum absolute atomic E-state index is 13.0. The minimum atomic E-state index is -0.138. The van der Waals surface area contributed by atoms with Crippen LogP contribution in [-0.2, 0) is 6.54 Å². The summed E-state index contributed by atoms with van der Waals surface area (Å²) in [7, 11) is 1.76. The van der Waals surface area contributed by atoms with Crippen LogP contribution in [0.25, 0.3) is 0 Å². The first kappa shape index (κ1) is 19.6. The second-order valence-corrected chi connectivity index (χ2v) is 9.45. The lowest BCUT2D eigenvalue weighted by atomic mass is 9.71. The minimum Gasteiger partial charge on any atom is -0.351 e. The first-order chi connectivity index (χ1) is 14.5. The van der Waals surface area contributed by atoms with Crippen LogP contribution in [0.5, 0.6) is 0 Å². The van der Waals surface area contributed by atoms with Crippen LogP contribution in [0, 0.1) is 5.41 Å². The standard InChI is InChI=1S/C23H28ClN5O/c1-28-20-16(15-29(22(28)30)19-7-3-2-6-18(19)24)14-25-21(27-20)26-17-8-12-23(13-9-17)10-4-5-11-23/h2-3,6-7,14,17H,4-5,8-13,15H2,1H3,(H,25,26,27). The highest BCUT2D eigenvalue weighted by Crippen LogP contribution is 2.49. The van der Waals surface area contributed by atoms with Gasteiger partial charge >= 0.3 is 6.03 Å². The summed E-state index contributed by atoms with van der Waals surface area (Å²) in [6.07, 6.45) is 12.4. The molecule has 2 aliphatic carbocycles. The quantitative estimate of drug-likeness (QED) is 0.693. The summed E-state index contributed by atoms with van der Waals surface area (Å²) in [5.74, 6) is 1.29. The lowest BCUT2D eigenvalue weighted by molar-refractivity contribution is 0.187. The van der Waals surface area contributed by atoms with Gasteiger partial charge in [0.15, 0.2) is 0 Å². The number of rotatable bonds is 3. The zero-order valence-electron chi connectivity index (χ0n) is 17.4. The number of fused-ring (bicyclic) bond motifs is 1. The molecule has 1 aromatic heterocycles. The SMILES string of the molecule is CN1C(=O)N(c2ccccc2Cl)Cc2cnc(NC3CCC4(CCCC4)CC3)nc21. The van der Waals surface area contributed by atoms with E-state index in [1.807, 2.05) is 24.4 Å². The molecule has 0 bridgehead atoms. The first-order valence-corrected chi connectivity index (χ1v) is 11.3. The molecule has 6 nitrogen and oxygen atoms in total. The monoisotopic (exact) mass is 425 g/mol. The van der Waals surface area contributed by atoms with E-state index in [0.717, 1.165) is 5.56 Å². The van der Waals surface area contributed by atoms with E-state index in [1.54, 1.807) is 22.9 Å². The first-order valence-electron chi connectivity index (χ1n) is 11.0. The fourth-order valence-electron chi connectivity index (χ4n) is 5.42. The fraction of sp³-hybridized carbons (Fsp3) is 0.522. The normalized spacial score (nSPS) is 21.2. The maximum Gasteiger partial charge on any atom is 0.330 e. The van der Waals surface area contributed by atoms with Crippen LogP contribution in [0.3, 0.4) is 0 Å². The molecule has 5 rings (SSSR count). The summed E-state index contributed by atoms with van der Waals surface area (Å²) in [6.45, 7) is 0.411. The number of hydrogen-bond acceptors (Lipinski definition) is 4. The Morgan fingerprint density at radius 3 is 2.60 bits per heavy atom. The van der Waals surface area contributed by atoms with Gasteiger partial charge in [-0.1, -0.05) is 36.6 Å². The van der Waals surface area contributed by atoms with Crippen molar-refractivity contribution in [1.29, 1.82) is 0 Å².